The monoisotopic (exact) mass is 382 g/mol. The summed E-state index contributed by atoms with van der Waals surface area (Å²) in [6.07, 6.45) is 1.27. The molecule has 1 aromatic carbocycles. The molecule has 2 aromatic rings. The summed E-state index contributed by atoms with van der Waals surface area (Å²) < 4.78 is 65.5. The van der Waals surface area contributed by atoms with E-state index in [1.807, 2.05) is 0 Å². The molecule has 2 rings (SSSR count). The average molecular weight is 383 g/mol. The fourth-order valence-electron chi connectivity index (χ4n) is 1.59. The molecule has 0 aliphatic rings. The third kappa shape index (κ3) is 6.66. The number of imidazole rings is 1. The summed E-state index contributed by atoms with van der Waals surface area (Å²) in [5.41, 5.74) is 0.677. The number of rotatable bonds is 4. The molecule has 0 N–H and O–H groups in total. The predicted octanol–water partition coefficient (Wildman–Crippen LogP) is -6.51. The molecule has 1 heterocycles. The van der Waals surface area contributed by atoms with Gasteiger partial charge in [-0.1, -0.05) is 0 Å². The zero-order chi connectivity index (χ0) is 14.3. The normalized spacial score (nSPS) is 11.7. The first-order chi connectivity index (χ1) is 8.67. The van der Waals surface area contributed by atoms with Gasteiger partial charge in [0.1, 0.15) is 10.1 Å². The van der Waals surface area contributed by atoms with Crippen molar-refractivity contribution in [2.45, 2.75) is 11.4 Å². The van der Waals surface area contributed by atoms with Gasteiger partial charge in [0.2, 0.25) is 0 Å². The summed E-state index contributed by atoms with van der Waals surface area (Å²) in [6.45, 7) is -0.0915. The molecular formula is C9H8K2N2O6S2. The van der Waals surface area contributed by atoms with Crippen LogP contribution in [0, 0.1) is 0 Å². The Kier molecular flexibility index (Phi) is 9.50. The number of fused-ring (bicyclic) bond motifs is 1. The Morgan fingerprint density at radius 1 is 1.10 bits per heavy atom. The van der Waals surface area contributed by atoms with Gasteiger partial charge in [0, 0.05) is 6.54 Å². The van der Waals surface area contributed by atoms with E-state index in [9.17, 15) is 25.9 Å². The molecule has 0 spiro atoms. The Bertz CT molecular complexity index is 831. The molecular weight excluding hydrogens is 374 g/mol. The van der Waals surface area contributed by atoms with E-state index in [0.717, 1.165) is 12.1 Å². The summed E-state index contributed by atoms with van der Waals surface area (Å²) in [6, 6.07) is 3.54. The van der Waals surface area contributed by atoms with Gasteiger partial charge in [-0.3, -0.25) is 0 Å². The molecule has 0 bridgehead atoms. The number of hydrogen-bond acceptors (Lipinski definition) is 7. The molecule has 0 saturated carbocycles. The first-order valence-electron chi connectivity index (χ1n) is 5.01. The van der Waals surface area contributed by atoms with Crippen molar-refractivity contribution >= 4 is 31.3 Å². The van der Waals surface area contributed by atoms with Gasteiger partial charge >= 0.3 is 103 Å². The Hall–Kier alpha value is 1.78. The van der Waals surface area contributed by atoms with Crippen molar-refractivity contribution in [3.8, 4) is 0 Å². The zero-order valence-electron chi connectivity index (χ0n) is 11.4. The molecule has 0 fully saturated rings. The first kappa shape index (κ1) is 22.8. The van der Waals surface area contributed by atoms with Crippen molar-refractivity contribution in [3.63, 3.8) is 0 Å². The molecule has 0 saturated heterocycles. The summed E-state index contributed by atoms with van der Waals surface area (Å²) in [4.78, 5) is 3.44. The molecule has 21 heavy (non-hydrogen) atoms. The maximum absolute atomic E-state index is 10.8. The summed E-state index contributed by atoms with van der Waals surface area (Å²) in [5, 5.41) is 0. The van der Waals surface area contributed by atoms with E-state index in [1.165, 1.54) is 17.0 Å². The van der Waals surface area contributed by atoms with Crippen LogP contribution in [0.2, 0.25) is 0 Å². The Morgan fingerprint density at radius 2 is 1.71 bits per heavy atom. The average Bonchev–Trinajstić information content (AvgIpc) is 2.66. The van der Waals surface area contributed by atoms with E-state index < -0.39 is 30.9 Å². The second kappa shape index (κ2) is 8.75. The number of aromatic nitrogens is 2. The first-order valence-corrected chi connectivity index (χ1v) is 8.00. The third-order valence-corrected chi connectivity index (χ3v) is 3.98. The molecule has 0 unspecified atom stereocenters. The van der Waals surface area contributed by atoms with Gasteiger partial charge in [-0.05, 0) is 18.2 Å². The van der Waals surface area contributed by atoms with Crippen molar-refractivity contribution < 1.29 is 129 Å². The molecule has 0 amide bonds. The number of aryl methyl sites for hydroxylation is 1. The third-order valence-electron chi connectivity index (χ3n) is 2.46. The van der Waals surface area contributed by atoms with Crippen molar-refractivity contribution in [2.75, 3.05) is 5.75 Å². The van der Waals surface area contributed by atoms with E-state index in [-0.39, 0.29) is 115 Å². The number of nitrogens with zero attached hydrogens (tertiary/aromatic N) is 2. The van der Waals surface area contributed by atoms with Crippen LogP contribution in [0.4, 0.5) is 0 Å². The van der Waals surface area contributed by atoms with Gasteiger partial charge in [-0.2, -0.15) is 0 Å². The van der Waals surface area contributed by atoms with Crippen molar-refractivity contribution in [1.29, 1.82) is 0 Å². The van der Waals surface area contributed by atoms with Crippen LogP contribution in [0.5, 0.6) is 0 Å². The van der Waals surface area contributed by atoms with Gasteiger partial charge in [0.15, 0.2) is 0 Å². The summed E-state index contributed by atoms with van der Waals surface area (Å²) >= 11 is 0. The second-order valence-electron chi connectivity index (χ2n) is 3.80. The minimum atomic E-state index is -4.57. The van der Waals surface area contributed by atoms with Gasteiger partial charge < -0.3 is 13.7 Å². The van der Waals surface area contributed by atoms with Crippen LogP contribution in [0.1, 0.15) is 0 Å². The van der Waals surface area contributed by atoms with Crippen LogP contribution >= 0.6 is 0 Å². The minimum absolute atomic E-state index is 0. The maximum atomic E-state index is 10.8. The number of hydrogen-bond donors (Lipinski definition) is 0. The van der Waals surface area contributed by atoms with Crippen molar-refractivity contribution in [2.24, 2.45) is 0 Å². The molecule has 12 heteroatoms. The fraction of sp³-hybridized carbons (Fsp3) is 0.222. The molecule has 0 radical (unpaired) electrons. The van der Waals surface area contributed by atoms with E-state index in [2.05, 4.69) is 4.98 Å². The van der Waals surface area contributed by atoms with Crippen LogP contribution in [0.3, 0.4) is 0 Å². The van der Waals surface area contributed by atoms with Crippen LogP contribution in [0.15, 0.2) is 29.4 Å². The predicted molar refractivity (Wildman–Crippen MR) is 62.3 cm³/mol. The van der Waals surface area contributed by atoms with Gasteiger partial charge in [0.25, 0.3) is 0 Å². The Labute approximate surface area is 207 Å². The van der Waals surface area contributed by atoms with E-state index >= 15 is 0 Å². The molecule has 0 aliphatic carbocycles. The minimum Gasteiger partial charge on any atom is -0.748 e. The van der Waals surface area contributed by atoms with E-state index in [4.69, 9.17) is 0 Å². The topological polar surface area (TPSA) is 132 Å². The smallest absolute Gasteiger partial charge is 0.748 e. The van der Waals surface area contributed by atoms with E-state index in [0.29, 0.717) is 5.52 Å². The molecule has 0 aliphatic heterocycles. The van der Waals surface area contributed by atoms with Gasteiger partial charge in [-0.25, -0.2) is 21.8 Å². The van der Waals surface area contributed by atoms with Crippen molar-refractivity contribution in [3.05, 3.63) is 24.5 Å². The number of benzene rings is 1. The molecule has 0 atom stereocenters. The van der Waals surface area contributed by atoms with Gasteiger partial charge in [-0.15, -0.1) is 0 Å². The Morgan fingerprint density at radius 3 is 2.24 bits per heavy atom. The van der Waals surface area contributed by atoms with Crippen molar-refractivity contribution in [1.82, 2.24) is 9.55 Å². The SMILES string of the molecule is O=S(=O)([O-])CCn1cnc2cc(S(=O)(=O)[O-])ccc21.[K+].[K+]. The van der Waals surface area contributed by atoms with Crippen LogP contribution in [-0.4, -0.2) is 41.2 Å². The molecule has 8 nitrogen and oxygen atoms in total. The standard InChI is InChI=1S/C9H10N2O6S2.2K/c12-18(13,14)4-3-11-6-10-8-5-7(19(15,16)17)1-2-9(8)11;;/h1-2,5-6H,3-4H2,(H,12,13,14)(H,15,16,17);;/q;2*+1/p-2. The van der Waals surface area contributed by atoms with Crippen LogP contribution < -0.4 is 103 Å². The maximum Gasteiger partial charge on any atom is 1.00 e. The van der Waals surface area contributed by atoms with Crippen LogP contribution in [-0.2, 0) is 26.8 Å². The van der Waals surface area contributed by atoms with Crippen LogP contribution in [0.25, 0.3) is 11.0 Å². The van der Waals surface area contributed by atoms with Gasteiger partial charge in [0.05, 0.1) is 38.1 Å². The summed E-state index contributed by atoms with van der Waals surface area (Å²) in [7, 11) is -8.91. The molecule has 1 aromatic heterocycles. The Balaban J connectivity index is 0.00000200. The second-order valence-corrected chi connectivity index (χ2v) is 6.71. The quantitative estimate of drug-likeness (QED) is 0.379. The fourth-order valence-corrected chi connectivity index (χ4v) is 2.50. The van der Waals surface area contributed by atoms with E-state index in [1.54, 1.807) is 0 Å². The zero-order valence-corrected chi connectivity index (χ0v) is 19.3. The molecule has 104 valence electrons. The largest absolute Gasteiger partial charge is 1.00 e. The summed E-state index contributed by atoms with van der Waals surface area (Å²) in [5.74, 6) is -0.597.